The van der Waals surface area contributed by atoms with E-state index in [4.69, 9.17) is 0 Å². The van der Waals surface area contributed by atoms with Gasteiger partial charge in [0, 0.05) is 27.9 Å². The zero-order chi connectivity index (χ0) is 30.8. The summed E-state index contributed by atoms with van der Waals surface area (Å²) in [7, 11) is 0. The quantitative estimate of drug-likeness (QED) is 0.0753. The first kappa shape index (κ1) is 30.7. The Morgan fingerprint density at radius 2 is 1.53 bits per heavy atom. The first-order valence-electron chi connectivity index (χ1n) is 13.4. The molecule has 4 aromatic carbocycles. The Labute approximate surface area is 253 Å². The maximum atomic E-state index is 13.4. The lowest BCUT2D eigenvalue weighted by atomic mass is 10.0. The van der Waals surface area contributed by atoms with E-state index in [-0.39, 0.29) is 28.6 Å². The molecule has 0 aliphatic carbocycles. The Kier molecular flexibility index (Phi) is 10.4. The fourth-order valence-corrected chi connectivity index (χ4v) is 4.79. The van der Waals surface area contributed by atoms with E-state index in [1.54, 1.807) is 54.6 Å². The van der Waals surface area contributed by atoms with Crippen LogP contribution in [0.4, 0.5) is 17.1 Å². The molecule has 4 rings (SSSR count). The number of nitro benzene ring substituents is 1. The second-order valence-electron chi connectivity index (χ2n) is 9.79. The first-order valence-corrected chi connectivity index (χ1v) is 14.4. The molecule has 0 saturated carbocycles. The molecule has 3 amide bonds. The van der Waals surface area contributed by atoms with E-state index in [0.29, 0.717) is 22.9 Å². The summed E-state index contributed by atoms with van der Waals surface area (Å²) in [5.41, 5.74) is 2.40. The summed E-state index contributed by atoms with van der Waals surface area (Å²) in [6.45, 7) is 4.21. The standard InChI is InChI=1S/C33H30N4O5S/c1-22(2)23-15-17-26(18-16-23)34-31(38)21-43-28-13-8-12-27(20-28)35-33(40)29(36-32(39)24-9-4-3-5-10-24)19-25-11-6-7-14-30(25)37(41)42/h3-20,22H,21H2,1-2H3,(H,34,38)(H,35,40)(H,36,39)/b29-19+. The molecule has 0 saturated heterocycles. The maximum Gasteiger partial charge on any atom is 0.276 e. The number of nitrogens with one attached hydrogen (secondary N) is 3. The van der Waals surface area contributed by atoms with Crippen molar-refractivity contribution in [2.45, 2.75) is 24.7 Å². The maximum absolute atomic E-state index is 13.4. The van der Waals surface area contributed by atoms with Gasteiger partial charge in [-0.15, -0.1) is 11.8 Å². The van der Waals surface area contributed by atoms with Crippen molar-refractivity contribution in [1.82, 2.24) is 5.32 Å². The van der Waals surface area contributed by atoms with E-state index in [9.17, 15) is 24.5 Å². The van der Waals surface area contributed by atoms with Gasteiger partial charge in [0.2, 0.25) is 5.91 Å². The Morgan fingerprint density at radius 1 is 0.837 bits per heavy atom. The van der Waals surface area contributed by atoms with Gasteiger partial charge in [-0.2, -0.15) is 0 Å². The van der Waals surface area contributed by atoms with Gasteiger partial charge in [0.15, 0.2) is 0 Å². The van der Waals surface area contributed by atoms with Crippen molar-refractivity contribution in [2.24, 2.45) is 0 Å². The molecule has 0 heterocycles. The van der Waals surface area contributed by atoms with Crippen LogP contribution in [0.3, 0.4) is 0 Å². The number of para-hydroxylation sites is 1. The van der Waals surface area contributed by atoms with Gasteiger partial charge in [-0.25, -0.2) is 0 Å². The molecule has 0 aliphatic rings. The van der Waals surface area contributed by atoms with Gasteiger partial charge in [0.25, 0.3) is 17.5 Å². The molecule has 10 heteroatoms. The van der Waals surface area contributed by atoms with Crippen LogP contribution < -0.4 is 16.0 Å². The van der Waals surface area contributed by atoms with Crippen LogP contribution in [0.5, 0.6) is 0 Å². The lowest BCUT2D eigenvalue weighted by molar-refractivity contribution is -0.385. The van der Waals surface area contributed by atoms with Crippen LogP contribution in [0.1, 0.15) is 41.3 Å². The predicted molar refractivity (Wildman–Crippen MR) is 170 cm³/mol. The lowest BCUT2D eigenvalue weighted by Crippen LogP contribution is -2.30. The third-order valence-electron chi connectivity index (χ3n) is 6.29. The monoisotopic (exact) mass is 594 g/mol. The van der Waals surface area contributed by atoms with Crippen molar-refractivity contribution >= 4 is 52.6 Å². The minimum absolute atomic E-state index is 0.152. The smallest absolute Gasteiger partial charge is 0.276 e. The number of hydrogen-bond donors (Lipinski definition) is 3. The normalized spacial score (nSPS) is 11.1. The molecule has 0 aliphatic heterocycles. The second kappa shape index (κ2) is 14.6. The predicted octanol–water partition coefficient (Wildman–Crippen LogP) is 6.86. The highest BCUT2D eigenvalue weighted by molar-refractivity contribution is 8.00. The summed E-state index contributed by atoms with van der Waals surface area (Å²) in [4.78, 5) is 50.5. The molecule has 4 aromatic rings. The third-order valence-corrected chi connectivity index (χ3v) is 7.28. The molecule has 3 N–H and O–H groups in total. The van der Waals surface area contributed by atoms with Crippen molar-refractivity contribution in [3.63, 3.8) is 0 Å². The largest absolute Gasteiger partial charge is 0.325 e. The van der Waals surface area contributed by atoms with Crippen LogP contribution in [0, 0.1) is 10.1 Å². The van der Waals surface area contributed by atoms with Crippen molar-refractivity contribution in [1.29, 1.82) is 0 Å². The molecule has 0 bridgehead atoms. The van der Waals surface area contributed by atoms with Crippen molar-refractivity contribution < 1.29 is 19.3 Å². The van der Waals surface area contributed by atoms with Gasteiger partial charge in [-0.1, -0.05) is 62.4 Å². The summed E-state index contributed by atoms with van der Waals surface area (Å²) in [6, 6.07) is 28.9. The van der Waals surface area contributed by atoms with E-state index in [1.807, 2.05) is 30.3 Å². The van der Waals surface area contributed by atoms with Gasteiger partial charge in [0.05, 0.1) is 16.2 Å². The first-order chi connectivity index (χ1) is 20.7. The van der Waals surface area contributed by atoms with Crippen LogP contribution in [0.25, 0.3) is 6.08 Å². The number of carbonyl (C=O) groups is 3. The van der Waals surface area contributed by atoms with Crippen molar-refractivity contribution in [3.8, 4) is 0 Å². The van der Waals surface area contributed by atoms with Crippen LogP contribution in [-0.2, 0) is 9.59 Å². The van der Waals surface area contributed by atoms with E-state index in [1.165, 1.54) is 41.6 Å². The number of carbonyl (C=O) groups excluding carboxylic acids is 3. The Balaban J connectivity index is 1.47. The summed E-state index contributed by atoms with van der Waals surface area (Å²) < 4.78 is 0. The average Bonchev–Trinajstić information content (AvgIpc) is 3.00. The second-order valence-corrected chi connectivity index (χ2v) is 10.8. The lowest BCUT2D eigenvalue weighted by Gasteiger charge is -2.12. The van der Waals surface area contributed by atoms with E-state index >= 15 is 0 Å². The molecule has 0 spiro atoms. The number of rotatable bonds is 11. The number of benzene rings is 4. The SMILES string of the molecule is CC(C)c1ccc(NC(=O)CSc2cccc(NC(=O)/C(=C\c3ccccc3[N+](=O)[O-])NC(=O)c3ccccc3)c2)cc1. The Morgan fingerprint density at radius 3 is 2.23 bits per heavy atom. The molecule has 9 nitrogen and oxygen atoms in total. The number of anilines is 2. The molecule has 0 radical (unpaired) electrons. The summed E-state index contributed by atoms with van der Waals surface area (Å²) in [5.74, 6) is -0.840. The molecular weight excluding hydrogens is 564 g/mol. The fourth-order valence-electron chi connectivity index (χ4n) is 4.03. The van der Waals surface area contributed by atoms with E-state index in [0.717, 1.165) is 4.90 Å². The van der Waals surface area contributed by atoms with Crippen LogP contribution in [0.2, 0.25) is 0 Å². The molecule has 43 heavy (non-hydrogen) atoms. The van der Waals surface area contributed by atoms with Gasteiger partial charge in [0.1, 0.15) is 5.70 Å². The minimum Gasteiger partial charge on any atom is -0.325 e. The van der Waals surface area contributed by atoms with Crippen LogP contribution in [-0.4, -0.2) is 28.4 Å². The molecule has 218 valence electrons. The highest BCUT2D eigenvalue weighted by Gasteiger charge is 2.18. The summed E-state index contributed by atoms with van der Waals surface area (Å²) in [5, 5.41) is 19.8. The Hall–Kier alpha value is -5.22. The minimum atomic E-state index is -0.674. The Bertz CT molecular complexity index is 1650. The topological polar surface area (TPSA) is 130 Å². The van der Waals surface area contributed by atoms with Crippen molar-refractivity contribution in [2.75, 3.05) is 16.4 Å². The number of hydrogen-bond acceptors (Lipinski definition) is 6. The summed E-state index contributed by atoms with van der Waals surface area (Å²) in [6.07, 6.45) is 1.27. The number of nitro groups is 1. The van der Waals surface area contributed by atoms with Gasteiger partial charge >= 0.3 is 0 Å². The zero-order valence-electron chi connectivity index (χ0n) is 23.6. The summed E-state index contributed by atoms with van der Waals surface area (Å²) >= 11 is 1.30. The number of nitrogens with zero attached hydrogens (tertiary/aromatic N) is 1. The number of thioether (sulfide) groups is 1. The van der Waals surface area contributed by atoms with Gasteiger partial charge in [-0.05, 0) is 66.1 Å². The fraction of sp³-hybridized carbons (Fsp3) is 0.121. The van der Waals surface area contributed by atoms with E-state index in [2.05, 4.69) is 29.8 Å². The molecular formula is C33H30N4O5S. The highest BCUT2D eigenvalue weighted by atomic mass is 32.2. The molecule has 0 atom stereocenters. The van der Waals surface area contributed by atoms with E-state index < -0.39 is 16.7 Å². The molecule has 0 unspecified atom stereocenters. The van der Waals surface area contributed by atoms with Crippen molar-refractivity contribution in [3.05, 3.63) is 136 Å². The van der Waals surface area contributed by atoms with Gasteiger partial charge < -0.3 is 16.0 Å². The molecule has 0 fully saturated rings. The van der Waals surface area contributed by atoms with Crippen LogP contribution in [0.15, 0.2) is 114 Å². The zero-order valence-corrected chi connectivity index (χ0v) is 24.4. The van der Waals surface area contributed by atoms with Crippen LogP contribution >= 0.6 is 11.8 Å². The third kappa shape index (κ3) is 8.88. The number of amides is 3. The highest BCUT2D eigenvalue weighted by Crippen LogP contribution is 2.24. The molecule has 0 aromatic heterocycles. The average molecular weight is 595 g/mol. The van der Waals surface area contributed by atoms with Gasteiger partial charge in [-0.3, -0.25) is 24.5 Å².